The van der Waals surface area contributed by atoms with E-state index in [0.717, 1.165) is 11.1 Å². The van der Waals surface area contributed by atoms with E-state index in [-0.39, 0.29) is 6.61 Å². The highest BCUT2D eigenvalue weighted by Crippen LogP contribution is 2.38. The Bertz CT molecular complexity index is 631. The number of aliphatic hydroxyl groups excluding tert-OH is 1. The van der Waals surface area contributed by atoms with Gasteiger partial charge in [0.2, 0.25) is 0 Å². The second-order valence-electron chi connectivity index (χ2n) is 6.51. The van der Waals surface area contributed by atoms with Crippen LogP contribution in [0.15, 0.2) is 17.7 Å². The summed E-state index contributed by atoms with van der Waals surface area (Å²) in [6, 6.07) is 3.89. The third kappa shape index (κ3) is 3.07. The predicted octanol–water partition coefficient (Wildman–Crippen LogP) is 2.27. The van der Waals surface area contributed by atoms with Crippen molar-refractivity contribution in [3.8, 4) is 6.07 Å². The molecule has 1 N–H and O–H groups in total. The maximum absolute atomic E-state index is 9.66. The van der Waals surface area contributed by atoms with Crippen molar-refractivity contribution in [2.75, 3.05) is 6.61 Å². The van der Waals surface area contributed by atoms with Crippen LogP contribution in [-0.2, 0) is 9.31 Å². The predicted molar refractivity (Wildman–Crippen MR) is 84.8 cm³/mol. The summed E-state index contributed by atoms with van der Waals surface area (Å²) in [6.45, 7) is 9.53. The fraction of sp³-hybridized carbons (Fsp3) is 0.500. The van der Waals surface area contributed by atoms with Crippen molar-refractivity contribution in [1.29, 1.82) is 5.26 Å². The average Bonchev–Trinajstić information content (AvgIpc) is 2.65. The van der Waals surface area contributed by atoms with E-state index in [0.29, 0.717) is 11.2 Å². The molecule has 0 amide bonds. The van der Waals surface area contributed by atoms with E-state index in [1.807, 2.05) is 46.8 Å². The van der Waals surface area contributed by atoms with Gasteiger partial charge >= 0.3 is 7.12 Å². The third-order valence-corrected chi connectivity index (χ3v) is 4.30. The lowest BCUT2D eigenvalue weighted by molar-refractivity contribution is 0.00578. The molecule has 2 heterocycles. The number of hydrogen-bond donors (Lipinski definition) is 1. The number of aliphatic hydroxyl groups is 1. The molecule has 22 heavy (non-hydrogen) atoms. The number of aryl methyl sites for hydroxylation is 1. The van der Waals surface area contributed by atoms with Gasteiger partial charge in [-0.2, -0.15) is 5.26 Å². The summed E-state index contributed by atoms with van der Waals surface area (Å²) in [7, 11) is -0.592. The minimum absolute atomic E-state index is 0.171. The van der Waals surface area contributed by atoms with Crippen LogP contribution in [0.25, 0.3) is 6.08 Å². The molecule has 1 aromatic rings. The van der Waals surface area contributed by atoms with Crippen LogP contribution >= 0.6 is 0 Å². The Hall–Kier alpha value is -1.68. The number of nitrogens with zero attached hydrogens (tertiary/aromatic N) is 2. The number of pyridine rings is 1. The Labute approximate surface area is 131 Å². The van der Waals surface area contributed by atoms with Crippen molar-refractivity contribution in [2.45, 2.75) is 45.8 Å². The summed E-state index contributed by atoms with van der Waals surface area (Å²) in [5.41, 5.74) is 1.72. The summed E-state index contributed by atoms with van der Waals surface area (Å²) >= 11 is 0. The fourth-order valence-corrected chi connectivity index (χ4v) is 2.19. The lowest BCUT2D eigenvalue weighted by atomic mass is 9.77. The summed E-state index contributed by atoms with van der Waals surface area (Å²) in [6.07, 6.45) is 3.40. The van der Waals surface area contributed by atoms with Crippen LogP contribution in [0.2, 0.25) is 0 Å². The molecule has 5 nitrogen and oxygen atoms in total. The molecule has 0 atom stereocenters. The van der Waals surface area contributed by atoms with Crippen LogP contribution in [-0.4, -0.2) is 35.0 Å². The van der Waals surface area contributed by atoms with E-state index in [2.05, 4.69) is 4.98 Å². The largest absolute Gasteiger partial charge is 0.492 e. The minimum Gasteiger partial charge on any atom is -0.400 e. The molecule has 0 aromatic carbocycles. The first kappa shape index (κ1) is 16.7. The van der Waals surface area contributed by atoms with Crippen molar-refractivity contribution in [3.63, 3.8) is 0 Å². The molecule has 2 rings (SSSR count). The Kier molecular flexibility index (Phi) is 4.43. The summed E-state index contributed by atoms with van der Waals surface area (Å²) in [4.78, 5) is 4.10. The van der Waals surface area contributed by atoms with Gasteiger partial charge in [0.15, 0.2) is 0 Å². The molecule has 0 radical (unpaired) electrons. The first-order valence-electron chi connectivity index (χ1n) is 7.24. The van der Waals surface area contributed by atoms with E-state index in [9.17, 15) is 5.11 Å². The van der Waals surface area contributed by atoms with Gasteiger partial charge in [-0.3, -0.25) is 0 Å². The molecular weight excluding hydrogens is 279 g/mol. The lowest BCUT2D eigenvalue weighted by Crippen LogP contribution is -2.41. The molecular formula is C16H21BN2O3. The average molecular weight is 300 g/mol. The van der Waals surface area contributed by atoms with Gasteiger partial charge < -0.3 is 14.4 Å². The lowest BCUT2D eigenvalue weighted by Gasteiger charge is -2.32. The number of hydrogen-bond acceptors (Lipinski definition) is 5. The quantitative estimate of drug-likeness (QED) is 0.867. The molecule has 0 unspecified atom stereocenters. The zero-order valence-electron chi connectivity index (χ0n) is 13.7. The second-order valence-corrected chi connectivity index (χ2v) is 6.51. The first-order valence-corrected chi connectivity index (χ1v) is 7.24. The molecule has 1 fully saturated rings. The molecule has 6 heteroatoms. The number of nitriles is 1. The molecule has 0 saturated carbocycles. The standard InChI is InChI=1S/C16H21BN2O3/c1-11-6-12(9-19-14(11)8-18)7-13(10-20)17-21-15(2,3)16(4,5)22-17/h6-7,9,20H,10H2,1-5H3. The molecule has 0 bridgehead atoms. The fourth-order valence-electron chi connectivity index (χ4n) is 2.19. The highest BCUT2D eigenvalue weighted by Gasteiger charge is 2.52. The van der Waals surface area contributed by atoms with E-state index in [4.69, 9.17) is 14.6 Å². The molecule has 1 aliphatic heterocycles. The highest BCUT2D eigenvalue weighted by atomic mass is 16.7. The SMILES string of the molecule is Cc1cc(C=C(CO)B2OC(C)(C)C(C)(C)O2)cnc1C#N. The molecule has 1 aliphatic rings. The van der Waals surface area contributed by atoms with E-state index >= 15 is 0 Å². The zero-order valence-corrected chi connectivity index (χ0v) is 13.7. The van der Waals surface area contributed by atoms with Crippen molar-refractivity contribution in [1.82, 2.24) is 4.98 Å². The molecule has 0 spiro atoms. The number of aromatic nitrogens is 1. The zero-order chi connectivity index (χ0) is 16.5. The van der Waals surface area contributed by atoms with E-state index in [1.165, 1.54) is 0 Å². The molecule has 116 valence electrons. The molecule has 0 aliphatic carbocycles. The van der Waals surface area contributed by atoms with Crippen LogP contribution in [0.4, 0.5) is 0 Å². The van der Waals surface area contributed by atoms with Crippen molar-refractivity contribution < 1.29 is 14.4 Å². The van der Waals surface area contributed by atoms with Crippen molar-refractivity contribution >= 4 is 13.2 Å². The van der Waals surface area contributed by atoms with E-state index in [1.54, 1.807) is 12.3 Å². The van der Waals surface area contributed by atoms with Crippen LogP contribution in [0.1, 0.15) is 44.5 Å². The van der Waals surface area contributed by atoms with E-state index < -0.39 is 18.3 Å². The molecule has 1 aromatic heterocycles. The van der Waals surface area contributed by atoms with Crippen LogP contribution < -0.4 is 0 Å². The first-order chi connectivity index (χ1) is 10.2. The summed E-state index contributed by atoms with van der Waals surface area (Å²) in [5.74, 6) is 0. The van der Waals surface area contributed by atoms with Crippen LogP contribution in [0, 0.1) is 18.3 Å². The van der Waals surface area contributed by atoms with Crippen molar-refractivity contribution in [2.24, 2.45) is 0 Å². The summed E-state index contributed by atoms with van der Waals surface area (Å²) < 4.78 is 11.9. The van der Waals surface area contributed by atoms with Crippen molar-refractivity contribution in [3.05, 3.63) is 34.6 Å². The van der Waals surface area contributed by atoms with Gasteiger partial charge in [-0.25, -0.2) is 4.98 Å². The Balaban J connectivity index is 2.30. The smallest absolute Gasteiger partial charge is 0.400 e. The van der Waals surface area contributed by atoms with Gasteiger partial charge in [-0.05, 0) is 57.3 Å². The second kappa shape index (κ2) is 5.84. The van der Waals surface area contributed by atoms with Crippen LogP contribution in [0.5, 0.6) is 0 Å². The topological polar surface area (TPSA) is 75.4 Å². The Morgan fingerprint density at radius 1 is 1.36 bits per heavy atom. The van der Waals surface area contributed by atoms with Gasteiger partial charge in [-0.15, -0.1) is 0 Å². The molecule has 1 saturated heterocycles. The van der Waals surface area contributed by atoms with Gasteiger partial charge in [-0.1, -0.05) is 6.08 Å². The van der Waals surface area contributed by atoms with Crippen LogP contribution in [0.3, 0.4) is 0 Å². The monoisotopic (exact) mass is 300 g/mol. The van der Waals surface area contributed by atoms with Gasteiger partial charge in [0, 0.05) is 6.20 Å². The number of rotatable bonds is 3. The van der Waals surface area contributed by atoms with Gasteiger partial charge in [0.25, 0.3) is 0 Å². The maximum Gasteiger partial charge on any atom is 0.492 e. The maximum atomic E-state index is 9.66. The van der Waals surface area contributed by atoms with Gasteiger partial charge in [0.1, 0.15) is 11.8 Å². The van der Waals surface area contributed by atoms with Gasteiger partial charge in [0.05, 0.1) is 17.8 Å². The third-order valence-electron chi connectivity index (χ3n) is 4.30. The minimum atomic E-state index is -0.592. The normalized spacial score (nSPS) is 20.0. The summed E-state index contributed by atoms with van der Waals surface area (Å²) in [5, 5.41) is 18.6. The Morgan fingerprint density at radius 3 is 2.41 bits per heavy atom. The Morgan fingerprint density at radius 2 is 1.95 bits per heavy atom. The highest BCUT2D eigenvalue weighted by molar-refractivity contribution is 6.55.